The van der Waals surface area contributed by atoms with Crippen LogP contribution >= 0.6 is 0 Å². The van der Waals surface area contributed by atoms with Crippen molar-refractivity contribution < 1.29 is 0 Å². The second kappa shape index (κ2) is 6.06. The first-order valence-corrected chi connectivity index (χ1v) is 7.24. The van der Waals surface area contributed by atoms with Crippen molar-refractivity contribution in [3.8, 4) is 0 Å². The summed E-state index contributed by atoms with van der Waals surface area (Å²) >= 11 is 0. The van der Waals surface area contributed by atoms with Gasteiger partial charge in [-0.15, -0.1) is 0 Å². The lowest BCUT2D eigenvalue weighted by Crippen LogP contribution is -1.92. The summed E-state index contributed by atoms with van der Waals surface area (Å²) in [4.78, 5) is 0. The van der Waals surface area contributed by atoms with E-state index in [0.29, 0.717) is 11.8 Å². The van der Waals surface area contributed by atoms with Crippen LogP contribution in [0.3, 0.4) is 0 Å². The summed E-state index contributed by atoms with van der Waals surface area (Å²) in [5.74, 6) is 1.22. The molecule has 2 aromatic carbocycles. The van der Waals surface area contributed by atoms with Crippen LogP contribution in [0.5, 0.6) is 0 Å². The van der Waals surface area contributed by atoms with Gasteiger partial charge < -0.3 is 0 Å². The molecule has 0 saturated heterocycles. The first-order valence-electron chi connectivity index (χ1n) is 7.24. The minimum absolute atomic E-state index is 0.611. The monoisotopic (exact) mass is 252 g/mol. The van der Waals surface area contributed by atoms with E-state index in [9.17, 15) is 0 Å². The second-order valence-electron chi connectivity index (χ2n) is 5.97. The van der Waals surface area contributed by atoms with Crippen molar-refractivity contribution in [2.45, 2.75) is 46.0 Å². The highest BCUT2D eigenvalue weighted by Crippen LogP contribution is 2.19. The van der Waals surface area contributed by atoms with Crippen molar-refractivity contribution in [1.82, 2.24) is 0 Å². The molecule has 0 amide bonds. The van der Waals surface area contributed by atoms with E-state index in [1.54, 1.807) is 0 Å². The molecular formula is C19H24. The molecule has 0 aromatic heterocycles. The fourth-order valence-corrected chi connectivity index (χ4v) is 2.28. The molecule has 0 nitrogen and oxygen atoms in total. The Hall–Kier alpha value is -1.56. The molecule has 0 aliphatic carbocycles. The van der Waals surface area contributed by atoms with E-state index in [1.165, 1.54) is 22.3 Å². The highest BCUT2D eigenvalue weighted by atomic mass is 14.1. The summed E-state index contributed by atoms with van der Waals surface area (Å²) in [6, 6.07) is 18.0. The second-order valence-corrected chi connectivity index (χ2v) is 5.97. The number of hydrogen-bond acceptors (Lipinski definition) is 0. The molecule has 0 atom stereocenters. The first-order chi connectivity index (χ1) is 9.06. The molecule has 0 heterocycles. The van der Waals surface area contributed by atoms with Crippen molar-refractivity contribution in [2.75, 3.05) is 0 Å². The van der Waals surface area contributed by atoms with Gasteiger partial charge in [0, 0.05) is 0 Å². The maximum absolute atomic E-state index is 2.26. The van der Waals surface area contributed by atoms with E-state index in [0.717, 1.165) is 6.42 Å². The molecule has 0 spiro atoms. The Labute approximate surface area is 117 Å². The predicted molar refractivity (Wildman–Crippen MR) is 83.9 cm³/mol. The summed E-state index contributed by atoms with van der Waals surface area (Å²) in [7, 11) is 0. The van der Waals surface area contributed by atoms with E-state index >= 15 is 0 Å². The lowest BCUT2D eigenvalue weighted by atomic mass is 9.97. The van der Waals surface area contributed by atoms with Gasteiger partial charge in [-0.2, -0.15) is 0 Å². The highest BCUT2D eigenvalue weighted by molar-refractivity contribution is 5.31. The highest BCUT2D eigenvalue weighted by Gasteiger charge is 2.02. The van der Waals surface area contributed by atoms with Crippen LogP contribution in [0.1, 0.15) is 61.8 Å². The molecule has 0 aliphatic heterocycles. The Morgan fingerprint density at radius 1 is 0.579 bits per heavy atom. The maximum Gasteiger partial charge on any atom is -0.00258 e. The number of benzene rings is 2. The third-order valence-electron chi connectivity index (χ3n) is 3.70. The van der Waals surface area contributed by atoms with Gasteiger partial charge in [0.25, 0.3) is 0 Å². The molecule has 0 bridgehead atoms. The van der Waals surface area contributed by atoms with E-state index < -0.39 is 0 Å². The Morgan fingerprint density at radius 3 is 1.16 bits per heavy atom. The number of rotatable bonds is 4. The van der Waals surface area contributed by atoms with Crippen LogP contribution < -0.4 is 0 Å². The van der Waals surface area contributed by atoms with Gasteiger partial charge in [0.2, 0.25) is 0 Å². The van der Waals surface area contributed by atoms with Gasteiger partial charge in [0.15, 0.2) is 0 Å². The zero-order chi connectivity index (χ0) is 13.8. The maximum atomic E-state index is 2.26. The Morgan fingerprint density at radius 2 is 0.895 bits per heavy atom. The smallest absolute Gasteiger partial charge is 0.00258 e. The Bertz CT molecular complexity index is 451. The molecular weight excluding hydrogens is 228 g/mol. The lowest BCUT2D eigenvalue weighted by Gasteiger charge is -2.09. The van der Waals surface area contributed by atoms with Crippen LogP contribution in [0.4, 0.5) is 0 Å². The van der Waals surface area contributed by atoms with Gasteiger partial charge in [0.05, 0.1) is 0 Å². The molecule has 0 fully saturated rings. The van der Waals surface area contributed by atoms with Gasteiger partial charge in [-0.3, -0.25) is 0 Å². The average molecular weight is 252 g/mol. The largest absolute Gasteiger partial charge is 0.0587 e. The molecule has 2 rings (SSSR count). The van der Waals surface area contributed by atoms with Crippen LogP contribution in [0.15, 0.2) is 48.5 Å². The Balaban J connectivity index is 2.08. The predicted octanol–water partition coefficient (Wildman–Crippen LogP) is 5.52. The molecule has 2 aromatic rings. The summed E-state index contributed by atoms with van der Waals surface area (Å²) < 4.78 is 0. The summed E-state index contributed by atoms with van der Waals surface area (Å²) in [5.41, 5.74) is 5.61. The van der Waals surface area contributed by atoms with Crippen LogP contribution in [-0.2, 0) is 6.42 Å². The van der Waals surface area contributed by atoms with Crippen LogP contribution in [0, 0.1) is 0 Å². The zero-order valence-corrected chi connectivity index (χ0v) is 12.5. The van der Waals surface area contributed by atoms with Crippen molar-refractivity contribution in [3.63, 3.8) is 0 Å². The fraction of sp³-hybridized carbons (Fsp3) is 0.368. The van der Waals surface area contributed by atoms with E-state index in [1.807, 2.05) is 0 Å². The number of hydrogen-bond donors (Lipinski definition) is 0. The summed E-state index contributed by atoms with van der Waals surface area (Å²) in [6.45, 7) is 8.94. The van der Waals surface area contributed by atoms with Crippen LogP contribution in [0.2, 0.25) is 0 Å². The topological polar surface area (TPSA) is 0 Å². The van der Waals surface area contributed by atoms with Crippen molar-refractivity contribution >= 4 is 0 Å². The van der Waals surface area contributed by atoms with Gasteiger partial charge in [0.1, 0.15) is 0 Å². The minimum Gasteiger partial charge on any atom is -0.0587 e. The van der Waals surface area contributed by atoms with E-state index in [-0.39, 0.29) is 0 Å². The molecule has 0 N–H and O–H groups in total. The van der Waals surface area contributed by atoms with Crippen molar-refractivity contribution in [3.05, 3.63) is 70.8 Å². The molecule has 19 heavy (non-hydrogen) atoms. The minimum atomic E-state index is 0.611. The average Bonchev–Trinajstić information content (AvgIpc) is 2.40. The first kappa shape index (κ1) is 13.9. The zero-order valence-electron chi connectivity index (χ0n) is 12.5. The van der Waals surface area contributed by atoms with E-state index in [4.69, 9.17) is 0 Å². The van der Waals surface area contributed by atoms with Gasteiger partial charge in [-0.1, -0.05) is 76.2 Å². The van der Waals surface area contributed by atoms with Crippen molar-refractivity contribution in [1.29, 1.82) is 0 Å². The summed E-state index contributed by atoms with van der Waals surface area (Å²) in [5, 5.41) is 0. The van der Waals surface area contributed by atoms with Crippen LogP contribution in [0.25, 0.3) is 0 Å². The quantitative estimate of drug-likeness (QED) is 0.671. The third kappa shape index (κ3) is 3.70. The van der Waals surface area contributed by atoms with Gasteiger partial charge in [-0.05, 0) is 40.5 Å². The van der Waals surface area contributed by atoms with E-state index in [2.05, 4.69) is 76.2 Å². The molecule has 100 valence electrons. The SMILES string of the molecule is CC(C)c1ccc(Cc2ccc(C(C)C)cc2)cc1. The third-order valence-corrected chi connectivity index (χ3v) is 3.70. The molecule has 0 heteroatoms. The molecule has 0 radical (unpaired) electrons. The summed E-state index contributed by atoms with van der Waals surface area (Å²) in [6.07, 6.45) is 1.02. The van der Waals surface area contributed by atoms with Crippen molar-refractivity contribution in [2.24, 2.45) is 0 Å². The normalized spacial score (nSPS) is 11.3. The van der Waals surface area contributed by atoms with Gasteiger partial charge >= 0.3 is 0 Å². The Kier molecular flexibility index (Phi) is 4.42. The molecule has 0 unspecified atom stereocenters. The fourth-order valence-electron chi connectivity index (χ4n) is 2.28. The lowest BCUT2D eigenvalue weighted by molar-refractivity contribution is 0.864. The standard InChI is InChI=1S/C19H24/c1-14(2)18-9-5-16(6-10-18)13-17-7-11-19(12-8-17)15(3)4/h5-12,14-15H,13H2,1-4H3. The van der Waals surface area contributed by atoms with Crippen LogP contribution in [-0.4, -0.2) is 0 Å². The molecule has 0 aliphatic rings. The van der Waals surface area contributed by atoms with Gasteiger partial charge in [-0.25, -0.2) is 0 Å². The molecule has 0 saturated carbocycles.